The zero-order valence-corrected chi connectivity index (χ0v) is 7.76. The van der Waals surface area contributed by atoms with E-state index < -0.39 is 0 Å². The second-order valence-electron chi connectivity index (χ2n) is 3.16. The van der Waals surface area contributed by atoms with Crippen molar-refractivity contribution in [1.29, 1.82) is 0 Å². The van der Waals surface area contributed by atoms with Crippen LogP contribution in [-0.2, 0) is 0 Å². The summed E-state index contributed by atoms with van der Waals surface area (Å²) >= 11 is 0. The van der Waals surface area contributed by atoms with Crippen molar-refractivity contribution >= 4 is 0 Å². The van der Waals surface area contributed by atoms with Crippen LogP contribution in [0.1, 0.15) is 23.6 Å². The van der Waals surface area contributed by atoms with Crippen LogP contribution in [0.25, 0.3) is 0 Å². The van der Waals surface area contributed by atoms with Crippen molar-refractivity contribution in [3.05, 3.63) is 47.8 Å². The van der Waals surface area contributed by atoms with Crippen LogP contribution in [0.3, 0.4) is 0 Å². The maximum atomic E-state index is 13.3. The summed E-state index contributed by atoms with van der Waals surface area (Å²) in [5.74, 6) is -0.227. The van der Waals surface area contributed by atoms with Gasteiger partial charge in [-0.05, 0) is 25.0 Å². The lowest BCUT2D eigenvalue weighted by molar-refractivity contribution is 0.582. The minimum Gasteiger partial charge on any atom is -0.324 e. The molecule has 0 spiro atoms. The Balaban J connectivity index is 2.94. The van der Waals surface area contributed by atoms with Gasteiger partial charge in [-0.2, -0.15) is 0 Å². The summed E-state index contributed by atoms with van der Waals surface area (Å²) in [5.41, 5.74) is 7.22. The third kappa shape index (κ3) is 2.39. The molecule has 1 aromatic rings. The van der Waals surface area contributed by atoms with Gasteiger partial charge in [0, 0.05) is 11.6 Å². The topological polar surface area (TPSA) is 26.0 Å². The Hall–Kier alpha value is -1.15. The monoisotopic (exact) mass is 179 g/mol. The molecule has 2 N–H and O–H groups in total. The van der Waals surface area contributed by atoms with Crippen molar-refractivity contribution in [1.82, 2.24) is 0 Å². The van der Waals surface area contributed by atoms with E-state index >= 15 is 0 Å². The highest BCUT2D eigenvalue weighted by Gasteiger charge is 2.09. The van der Waals surface area contributed by atoms with Gasteiger partial charge in [0.1, 0.15) is 5.82 Å². The lowest BCUT2D eigenvalue weighted by Gasteiger charge is -2.10. The van der Waals surface area contributed by atoms with Gasteiger partial charge in [0.25, 0.3) is 0 Å². The summed E-state index contributed by atoms with van der Waals surface area (Å²) in [5, 5.41) is 0. The summed E-state index contributed by atoms with van der Waals surface area (Å²) in [7, 11) is 0. The van der Waals surface area contributed by atoms with Crippen molar-refractivity contribution in [3.8, 4) is 0 Å². The van der Waals surface area contributed by atoms with Crippen LogP contribution in [-0.4, -0.2) is 0 Å². The number of halogens is 1. The molecule has 0 fully saturated rings. The van der Waals surface area contributed by atoms with Crippen LogP contribution in [0.2, 0.25) is 0 Å². The van der Waals surface area contributed by atoms with Gasteiger partial charge >= 0.3 is 0 Å². The molecule has 70 valence electrons. The highest BCUT2D eigenvalue weighted by molar-refractivity contribution is 5.26. The number of aryl methyl sites for hydroxylation is 1. The van der Waals surface area contributed by atoms with Gasteiger partial charge in [0.05, 0.1) is 0 Å². The van der Waals surface area contributed by atoms with Gasteiger partial charge in [0.15, 0.2) is 0 Å². The van der Waals surface area contributed by atoms with Crippen molar-refractivity contribution < 1.29 is 4.39 Å². The van der Waals surface area contributed by atoms with Crippen molar-refractivity contribution in [3.63, 3.8) is 0 Å². The molecule has 1 atom stereocenters. The predicted molar refractivity (Wildman–Crippen MR) is 52.9 cm³/mol. The van der Waals surface area contributed by atoms with Crippen molar-refractivity contribution in [2.24, 2.45) is 5.73 Å². The molecule has 0 saturated heterocycles. The molecule has 0 aliphatic carbocycles. The largest absolute Gasteiger partial charge is 0.324 e. The minimum atomic E-state index is -0.280. The Labute approximate surface area is 78.1 Å². The van der Waals surface area contributed by atoms with Crippen molar-refractivity contribution in [2.75, 3.05) is 0 Å². The highest BCUT2D eigenvalue weighted by atomic mass is 19.1. The lowest BCUT2D eigenvalue weighted by Crippen LogP contribution is -2.11. The van der Waals surface area contributed by atoms with Gasteiger partial charge in [0.2, 0.25) is 0 Å². The third-order valence-corrected chi connectivity index (χ3v) is 1.98. The first-order valence-corrected chi connectivity index (χ1v) is 4.27. The molecule has 0 aromatic heterocycles. The first kappa shape index (κ1) is 9.93. The van der Waals surface area contributed by atoms with Crippen LogP contribution in [0.5, 0.6) is 0 Å². The maximum Gasteiger partial charge on any atom is 0.128 e. The van der Waals surface area contributed by atoms with E-state index in [1.165, 1.54) is 6.07 Å². The minimum absolute atomic E-state index is 0.227. The molecule has 0 heterocycles. The van der Waals surface area contributed by atoms with Crippen LogP contribution in [0, 0.1) is 12.7 Å². The number of hydrogen-bond donors (Lipinski definition) is 1. The molecule has 2 heteroatoms. The maximum absolute atomic E-state index is 13.3. The van der Waals surface area contributed by atoms with Gasteiger partial charge in [-0.25, -0.2) is 4.39 Å². The lowest BCUT2D eigenvalue weighted by atomic mass is 10.0. The molecule has 0 aliphatic heterocycles. The molecule has 0 amide bonds. The Kier molecular flexibility index (Phi) is 3.20. The number of nitrogens with two attached hydrogens (primary N) is 1. The van der Waals surface area contributed by atoms with E-state index in [0.717, 1.165) is 5.56 Å². The van der Waals surface area contributed by atoms with Crippen LogP contribution >= 0.6 is 0 Å². The molecule has 0 saturated carbocycles. The number of hydrogen-bond acceptors (Lipinski definition) is 1. The SMILES string of the molecule is C=CCC(N)c1ccc(C)cc1F. The molecule has 1 unspecified atom stereocenters. The van der Waals surface area contributed by atoms with E-state index in [9.17, 15) is 4.39 Å². The molecule has 0 aliphatic rings. The summed E-state index contributed by atoms with van der Waals surface area (Å²) in [4.78, 5) is 0. The van der Waals surface area contributed by atoms with E-state index in [1.807, 2.05) is 13.0 Å². The molecule has 0 bridgehead atoms. The number of benzene rings is 1. The summed E-state index contributed by atoms with van der Waals surface area (Å²) in [6.45, 7) is 5.42. The molecular weight excluding hydrogens is 165 g/mol. The second-order valence-corrected chi connectivity index (χ2v) is 3.16. The zero-order valence-electron chi connectivity index (χ0n) is 7.76. The Morgan fingerprint density at radius 1 is 1.62 bits per heavy atom. The smallest absolute Gasteiger partial charge is 0.128 e. The normalized spacial score (nSPS) is 12.5. The molecule has 1 aromatic carbocycles. The van der Waals surface area contributed by atoms with Crippen LogP contribution < -0.4 is 5.73 Å². The standard InChI is InChI=1S/C11H14FN/c1-3-4-11(13)9-6-5-8(2)7-10(9)12/h3,5-7,11H,1,4,13H2,2H3. The summed E-state index contributed by atoms with van der Waals surface area (Å²) in [6.07, 6.45) is 2.30. The fraction of sp³-hybridized carbons (Fsp3) is 0.273. The van der Waals surface area contributed by atoms with E-state index in [0.29, 0.717) is 12.0 Å². The van der Waals surface area contributed by atoms with E-state index in [2.05, 4.69) is 6.58 Å². The number of rotatable bonds is 3. The summed E-state index contributed by atoms with van der Waals surface area (Å²) in [6, 6.07) is 4.82. The fourth-order valence-corrected chi connectivity index (χ4v) is 1.24. The Bertz CT molecular complexity index is 307. The van der Waals surface area contributed by atoms with Crippen LogP contribution in [0.4, 0.5) is 4.39 Å². The Morgan fingerprint density at radius 3 is 2.85 bits per heavy atom. The second kappa shape index (κ2) is 4.19. The van der Waals surface area contributed by atoms with E-state index in [-0.39, 0.29) is 11.9 Å². The molecule has 1 nitrogen and oxygen atoms in total. The molecule has 13 heavy (non-hydrogen) atoms. The zero-order chi connectivity index (χ0) is 9.84. The summed E-state index contributed by atoms with van der Waals surface area (Å²) < 4.78 is 13.3. The average molecular weight is 179 g/mol. The quantitative estimate of drug-likeness (QED) is 0.709. The van der Waals surface area contributed by atoms with E-state index in [4.69, 9.17) is 5.73 Å². The highest BCUT2D eigenvalue weighted by Crippen LogP contribution is 2.18. The Morgan fingerprint density at radius 2 is 2.31 bits per heavy atom. The van der Waals surface area contributed by atoms with Gasteiger partial charge in [-0.15, -0.1) is 6.58 Å². The first-order valence-electron chi connectivity index (χ1n) is 4.27. The predicted octanol–water partition coefficient (Wildman–Crippen LogP) is 2.71. The fourth-order valence-electron chi connectivity index (χ4n) is 1.24. The average Bonchev–Trinajstić information content (AvgIpc) is 2.04. The van der Waals surface area contributed by atoms with Gasteiger partial charge < -0.3 is 5.73 Å². The van der Waals surface area contributed by atoms with E-state index in [1.54, 1.807) is 12.1 Å². The van der Waals surface area contributed by atoms with Crippen molar-refractivity contribution in [2.45, 2.75) is 19.4 Å². The van der Waals surface area contributed by atoms with Crippen LogP contribution in [0.15, 0.2) is 30.9 Å². The first-order chi connectivity index (χ1) is 6.15. The van der Waals surface area contributed by atoms with Gasteiger partial charge in [-0.1, -0.05) is 18.2 Å². The molecular formula is C11H14FN. The third-order valence-electron chi connectivity index (χ3n) is 1.98. The molecule has 0 radical (unpaired) electrons. The molecule has 1 rings (SSSR count). The van der Waals surface area contributed by atoms with Gasteiger partial charge in [-0.3, -0.25) is 0 Å².